The van der Waals surface area contributed by atoms with Crippen LogP contribution in [0.25, 0.3) is 0 Å². The lowest BCUT2D eigenvalue weighted by atomic mass is 10.1. The van der Waals surface area contributed by atoms with E-state index in [9.17, 15) is 4.79 Å². The number of amides is 1. The molecule has 1 aliphatic rings. The van der Waals surface area contributed by atoms with E-state index in [-0.39, 0.29) is 6.09 Å². The second kappa shape index (κ2) is 7.17. The number of carbonyl (C=O) groups excluding carboxylic acids is 1. The number of carbonyl (C=O) groups is 1. The number of aromatic nitrogens is 2. The molecule has 0 aromatic carbocycles. The van der Waals surface area contributed by atoms with Gasteiger partial charge in [0.1, 0.15) is 5.60 Å². The third-order valence-electron chi connectivity index (χ3n) is 3.96. The highest BCUT2D eigenvalue weighted by atomic mass is 16.6. The number of nitrogens with one attached hydrogen (secondary N) is 1. The summed E-state index contributed by atoms with van der Waals surface area (Å²) >= 11 is 0. The Morgan fingerprint density at radius 1 is 1.39 bits per heavy atom. The van der Waals surface area contributed by atoms with Crippen LogP contribution in [-0.4, -0.2) is 46.0 Å². The van der Waals surface area contributed by atoms with Crippen LogP contribution in [0.4, 0.5) is 4.79 Å². The van der Waals surface area contributed by atoms with Crippen molar-refractivity contribution in [1.29, 1.82) is 0 Å². The molecule has 0 saturated carbocycles. The van der Waals surface area contributed by atoms with Crippen molar-refractivity contribution in [2.45, 2.75) is 46.3 Å². The van der Waals surface area contributed by atoms with E-state index in [0.717, 1.165) is 19.5 Å². The lowest BCUT2D eigenvalue weighted by Gasteiger charge is -2.29. The van der Waals surface area contributed by atoms with Gasteiger partial charge < -0.3 is 15.0 Å². The Kier molecular flexibility index (Phi) is 5.46. The molecule has 23 heavy (non-hydrogen) atoms. The average molecular weight is 320 g/mol. The summed E-state index contributed by atoms with van der Waals surface area (Å²) in [7, 11) is 1.95. The van der Waals surface area contributed by atoms with Gasteiger partial charge in [-0.15, -0.1) is 0 Å². The molecule has 1 aliphatic heterocycles. The summed E-state index contributed by atoms with van der Waals surface area (Å²) in [5.74, 6) is 0. The fourth-order valence-corrected chi connectivity index (χ4v) is 2.44. The van der Waals surface area contributed by atoms with Gasteiger partial charge in [-0.05, 0) is 34.1 Å². The van der Waals surface area contributed by atoms with Crippen LogP contribution in [0.2, 0.25) is 0 Å². The third-order valence-corrected chi connectivity index (χ3v) is 3.96. The molecule has 0 fully saturated rings. The Morgan fingerprint density at radius 2 is 2.13 bits per heavy atom. The number of ether oxygens (including phenoxy) is 1. The van der Waals surface area contributed by atoms with E-state index in [1.807, 2.05) is 38.7 Å². The molecule has 6 heteroatoms. The maximum atomic E-state index is 12.0. The summed E-state index contributed by atoms with van der Waals surface area (Å²) in [4.78, 5) is 13.8. The zero-order valence-electron chi connectivity index (χ0n) is 14.8. The molecule has 1 aromatic heterocycles. The van der Waals surface area contributed by atoms with Crippen LogP contribution in [0.5, 0.6) is 0 Å². The molecule has 128 valence electrons. The average Bonchev–Trinajstić information content (AvgIpc) is 2.78. The highest BCUT2D eigenvalue weighted by molar-refractivity contribution is 5.68. The monoisotopic (exact) mass is 320 g/mol. The topological polar surface area (TPSA) is 59.4 Å². The van der Waals surface area contributed by atoms with Crippen LogP contribution in [0.1, 0.15) is 38.4 Å². The predicted molar refractivity (Wildman–Crippen MR) is 90.2 cm³/mol. The first-order valence-corrected chi connectivity index (χ1v) is 8.10. The van der Waals surface area contributed by atoms with Crippen molar-refractivity contribution < 1.29 is 9.53 Å². The molecule has 0 spiro atoms. The molecule has 0 atom stereocenters. The van der Waals surface area contributed by atoms with E-state index in [1.165, 1.54) is 16.8 Å². The Labute approximate surface area is 138 Å². The minimum atomic E-state index is -0.440. The fourth-order valence-electron chi connectivity index (χ4n) is 2.44. The second-order valence-electron chi connectivity index (χ2n) is 7.02. The minimum absolute atomic E-state index is 0.230. The molecule has 0 radical (unpaired) electrons. The van der Waals surface area contributed by atoms with Crippen LogP contribution < -0.4 is 5.32 Å². The lowest BCUT2D eigenvalue weighted by Crippen LogP contribution is -2.39. The van der Waals surface area contributed by atoms with Crippen LogP contribution in [0.3, 0.4) is 0 Å². The summed E-state index contributed by atoms with van der Waals surface area (Å²) in [5, 5.41) is 7.70. The van der Waals surface area contributed by atoms with Crippen molar-refractivity contribution in [3.8, 4) is 0 Å². The molecular weight excluding hydrogens is 292 g/mol. The molecular formula is C17H28N4O2. The molecule has 1 N–H and O–H groups in total. The maximum Gasteiger partial charge on any atom is 0.410 e. The van der Waals surface area contributed by atoms with E-state index in [0.29, 0.717) is 13.1 Å². The Hall–Kier alpha value is -1.82. The van der Waals surface area contributed by atoms with Gasteiger partial charge in [-0.3, -0.25) is 4.68 Å². The maximum absolute atomic E-state index is 12.0. The highest BCUT2D eigenvalue weighted by Gasteiger charge is 2.23. The van der Waals surface area contributed by atoms with Gasteiger partial charge in [0.15, 0.2) is 0 Å². The number of rotatable bonds is 4. The van der Waals surface area contributed by atoms with Crippen molar-refractivity contribution in [3.63, 3.8) is 0 Å². The third kappa shape index (κ3) is 5.10. The van der Waals surface area contributed by atoms with Crippen molar-refractivity contribution in [3.05, 3.63) is 29.1 Å². The smallest absolute Gasteiger partial charge is 0.410 e. The van der Waals surface area contributed by atoms with Gasteiger partial charge in [0, 0.05) is 44.5 Å². The fraction of sp³-hybridized carbons (Fsp3) is 0.647. The Balaban J connectivity index is 1.76. The van der Waals surface area contributed by atoms with Crippen molar-refractivity contribution >= 4 is 6.09 Å². The van der Waals surface area contributed by atoms with E-state index in [1.54, 1.807) is 4.90 Å². The summed E-state index contributed by atoms with van der Waals surface area (Å²) in [6, 6.07) is 0. The lowest BCUT2D eigenvalue weighted by molar-refractivity contribution is 0.0265. The molecule has 0 aliphatic carbocycles. The molecule has 0 unspecified atom stereocenters. The van der Waals surface area contributed by atoms with Gasteiger partial charge in [-0.2, -0.15) is 5.10 Å². The number of hydrogen-bond donors (Lipinski definition) is 1. The summed E-state index contributed by atoms with van der Waals surface area (Å²) < 4.78 is 7.28. The Morgan fingerprint density at radius 3 is 2.65 bits per heavy atom. The molecule has 0 saturated heterocycles. The number of nitrogens with zero attached hydrogens (tertiary/aromatic N) is 3. The van der Waals surface area contributed by atoms with Gasteiger partial charge >= 0.3 is 6.09 Å². The van der Waals surface area contributed by atoms with Crippen LogP contribution in [0, 0.1) is 6.92 Å². The van der Waals surface area contributed by atoms with Crippen LogP contribution >= 0.6 is 0 Å². The molecule has 6 nitrogen and oxygen atoms in total. The van der Waals surface area contributed by atoms with Crippen molar-refractivity contribution in [2.75, 3.05) is 19.6 Å². The second-order valence-corrected chi connectivity index (χ2v) is 7.02. The van der Waals surface area contributed by atoms with Crippen LogP contribution in [-0.2, 0) is 18.3 Å². The van der Waals surface area contributed by atoms with E-state index in [2.05, 4.69) is 23.4 Å². The highest BCUT2D eigenvalue weighted by Crippen LogP contribution is 2.15. The van der Waals surface area contributed by atoms with Gasteiger partial charge in [-0.25, -0.2) is 4.79 Å². The van der Waals surface area contributed by atoms with Crippen molar-refractivity contribution in [1.82, 2.24) is 20.0 Å². The van der Waals surface area contributed by atoms with Gasteiger partial charge in [0.05, 0.1) is 6.20 Å². The molecule has 0 bridgehead atoms. The SMILES string of the molecule is Cc1c(CNCC2=CCN(C(=O)OC(C)(C)C)CC2)cnn1C. The molecule has 1 amide bonds. The largest absolute Gasteiger partial charge is 0.444 e. The Bertz CT molecular complexity index is 584. The van der Waals surface area contributed by atoms with Gasteiger partial charge in [-0.1, -0.05) is 11.6 Å². The molecule has 2 heterocycles. The van der Waals surface area contributed by atoms with Gasteiger partial charge in [0.25, 0.3) is 0 Å². The van der Waals surface area contributed by atoms with E-state index >= 15 is 0 Å². The van der Waals surface area contributed by atoms with Gasteiger partial charge in [0.2, 0.25) is 0 Å². The first kappa shape index (κ1) is 17.5. The van der Waals surface area contributed by atoms with Crippen LogP contribution in [0.15, 0.2) is 17.8 Å². The predicted octanol–water partition coefficient (Wildman–Crippen LogP) is 2.39. The van der Waals surface area contributed by atoms with E-state index in [4.69, 9.17) is 4.74 Å². The zero-order valence-corrected chi connectivity index (χ0v) is 14.8. The summed E-state index contributed by atoms with van der Waals surface area (Å²) in [5.41, 5.74) is 3.31. The number of hydrogen-bond acceptors (Lipinski definition) is 4. The quantitative estimate of drug-likeness (QED) is 0.866. The van der Waals surface area contributed by atoms with Crippen molar-refractivity contribution in [2.24, 2.45) is 7.05 Å². The number of aryl methyl sites for hydroxylation is 1. The summed E-state index contributed by atoms with van der Waals surface area (Å²) in [6.45, 7) is 10.7. The minimum Gasteiger partial charge on any atom is -0.444 e. The molecule has 1 aromatic rings. The first-order chi connectivity index (χ1) is 10.8. The summed E-state index contributed by atoms with van der Waals surface area (Å²) in [6.07, 6.45) is 4.68. The standard InChI is InChI=1S/C17H28N4O2/c1-13-15(12-19-20(13)5)11-18-10-14-6-8-21(9-7-14)16(22)23-17(2,3)4/h6,12,18H,7-11H2,1-5H3. The zero-order chi connectivity index (χ0) is 17.0. The normalized spacial score (nSPS) is 15.5. The van der Waals surface area contributed by atoms with E-state index < -0.39 is 5.60 Å². The molecule has 2 rings (SSSR count). The first-order valence-electron chi connectivity index (χ1n) is 8.10.